The first-order valence-electron chi connectivity index (χ1n) is 5.62. The lowest BCUT2D eigenvalue weighted by Crippen LogP contribution is -2.47. The topological polar surface area (TPSA) is 84.5 Å². The average Bonchev–Trinajstić information content (AvgIpc) is 2.37. The van der Waals surface area contributed by atoms with Gasteiger partial charge in [-0.3, -0.25) is 4.79 Å². The van der Waals surface area contributed by atoms with Crippen LogP contribution in [-0.2, 0) is 14.3 Å². The maximum atomic E-state index is 11.4. The van der Waals surface area contributed by atoms with E-state index in [1.165, 1.54) is 13.2 Å². The number of aryl methyl sites for hydroxylation is 1. The van der Waals surface area contributed by atoms with Crippen molar-refractivity contribution in [2.75, 3.05) is 31.7 Å². The number of aromatic amines is 1. The molecule has 2 rings (SSSR count). The normalized spacial score (nSPS) is 19.7. The maximum Gasteiger partial charge on any atom is 0.336 e. The standard InChI is InChI=1S/C11H15N3O4/c1-7-12-9(5-10(15)13-7)14-3-4-18-8(6-14)11(16)17-2/h5,8H,3-4,6H2,1-2H3,(H,12,13,15). The fraction of sp³-hybridized carbons (Fsp3) is 0.545. The van der Waals surface area contributed by atoms with Crippen molar-refractivity contribution < 1.29 is 14.3 Å². The highest BCUT2D eigenvalue weighted by atomic mass is 16.6. The minimum atomic E-state index is -0.634. The quantitative estimate of drug-likeness (QED) is 0.712. The number of hydrogen-bond donors (Lipinski definition) is 1. The van der Waals surface area contributed by atoms with Crippen molar-refractivity contribution in [3.63, 3.8) is 0 Å². The van der Waals surface area contributed by atoms with Crippen LogP contribution in [0, 0.1) is 6.92 Å². The van der Waals surface area contributed by atoms with Crippen LogP contribution in [0.1, 0.15) is 5.82 Å². The van der Waals surface area contributed by atoms with E-state index in [1.807, 2.05) is 4.90 Å². The molecule has 18 heavy (non-hydrogen) atoms. The molecule has 1 unspecified atom stereocenters. The van der Waals surface area contributed by atoms with Crippen molar-refractivity contribution in [3.05, 3.63) is 22.2 Å². The maximum absolute atomic E-state index is 11.4. The minimum Gasteiger partial charge on any atom is -0.467 e. The molecule has 1 aliphatic rings. The van der Waals surface area contributed by atoms with Gasteiger partial charge in [0.05, 0.1) is 20.3 Å². The number of carbonyl (C=O) groups excluding carboxylic acids is 1. The van der Waals surface area contributed by atoms with Gasteiger partial charge in [-0.05, 0) is 6.92 Å². The largest absolute Gasteiger partial charge is 0.467 e. The van der Waals surface area contributed by atoms with Gasteiger partial charge in [0.1, 0.15) is 11.6 Å². The average molecular weight is 253 g/mol. The van der Waals surface area contributed by atoms with Gasteiger partial charge in [0.15, 0.2) is 6.10 Å². The second kappa shape index (κ2) is 5.18. The van der Waals surface area contributed by atoms with E-state index in [1.54, 1.807) is 6.92 Å². The molecular formula is C11H15N3O4. The Hall–Kier alpha value is -1.89. The number of methoxy groups -OCH3 is 1. The van der Waals surface area contributed by atoms with Gasteiger partial charge in [0, 0.05) is 12.6 Å². The summed E-state index contributed by atoms with van der Waals surface area (Å²) in [5.41, 5.74) is -0.210. The Morgan fingerprint density at radius 2 is 2.44 bits per heavy atom. The number of carbonyl (C=O) groups is 1. The smallest absolute Gasteiger partial charge is 0.336 e. The van der Waals surface area contributed by atoms with Crippen molar-refractivity contribution in [3.8, 4) is 0 Å². The number of rotatable bonds is 2. The number of nitrogens with zero attached hydrogens (tertiary/aromatic N) is 2. The van der Waals surface area contributed by atoms with Crippen LogP contribution in [0.2, 0.25) is 0 Å². The van der Waals surface area contributed by atoms with E-state index >= 15 is 0 Å². The molecule has 0 bridgehead atoms. The lowest BCUT2D eigenvalue weighted by Gasteiger charge is -2.32. The molecule has 0 amide bonds. The summed E-state index contributed by atoms with van der Waals surface area (Å²) in [4.78, 5) is 31.5. The molecule has 1 aromatic heterocycles. The van der Waals surface area contributed by atoms with Gasteiger partial charge in [0.25, 0.3) is 5.56 Å². The number of anilines is 1. The van der Waals surface area contributed by atoms with E-state index in [-0.39, 0.29) is 5.56 Å². The Bertz CT molecular complexity index is 499. The highest BCUT2D eigenvalue weighted by Crippen LogP contribution is 2.14. The highest BCUT2D eigenvalue weighted by Gasteiger charge is 2.28. The third-order valence-electron chi connectivity index (χ3n) is 2.70. The summed E-state index contributed by atoms with van der Waals surface area (Å²) >= 11 is 0. The Labute approximate surface area is 104 Å². The lowest BCUT2D eigenvalue weighted by atomic mass is 10.2. The van der Waals surface area contributed by atoms with E-state index in [9.17, 15) is 9.59 Å². The first-order valence-corrected chi connectivity index (χ1v) is 5.62. The third-order valence-corrected chi connectivity index (χ3v) is 2.70. The molecule has 0 radical (unpaired) electrons. The summed E-state index contributed by atoms with van der Waals surface area (Å²) in [7, 11) is 1.32. The molecule has 1 saturated heterocycles. The van der Waals surface area contributed by atoms with Crippen molar-refractivity contribution in [2.45, 2.75) is 13.0 Å². The number of aromatic nitrogens is 2. The van der Waals surface area contributed by atoms with E-state index in [0.717, 1.165) is 0 Å². The van der Waals surface area contributed by atoms with Crippen LogP contribution in [0.15, 0.2) is 10.9 Å². The van der Waals surface area contributed by atoms with E-state index in [2.05, 4.69) is 14.7 Å². The summed E-state index contributed by atoms with van der Waals surface area (Å²) < 4.78 is 9.96. The van der Waals surface area contributed by atoms with Crippen molar-refractivity contribution in [2.24, 2.45) is 0 Å². The summed E-state index contributed by atoms with van der Waals surface area (Å²) in [5, 5.41) is 0. The molecule has 1 atom stereocenters. The van der Waals surface area contributed by atoms with Gasteiger partial charge in [-0.2, -0.15) is 0 Å². The predicted octanol–water partition coefficient (Wildman–Crippen LogP) is -0.543. The second-order valence-electron chi connectivity index (χ2n) is 4.02. The van der Waals surface area contributed by atoms with Crippen LogP contribution in [0.3, 0.4) is 0 Å². The first kappa shape index (κ1) is 12.6. The Morgan fingerprint density at radius 1 is 1.67 bits per heavy atom. The summed E-state index contributed by atoms with van der Waals surface area (Å²) in [6.07, 6.45) is -0.634. The molecule has 7 heteroatoms. The molecule has 1 N–H and O–H groups in total. The molecule has 0 saturated carbocycles. The molecule has 1 aliphatic heterocycles. The summed E-state index contributed by atoms with van der Waals surface area (Å²) in [6.45, 7) is 3.03. The molecule has 0 aliphatic carbocycles. The minimum absolute atomic E-state index is 0.210. The molecular weight excluding hydrogens is 238 g/mol. The Balaban J connectivity index is 2.17. The van der Waals surface area contributed by atoms with Crippen LogP contribution in [0.25, 0.3) is 0 Å². The molecule has 0 spiro atoms. The van der Waals surface area contributed by atoms with Crippen molar-refractivity contribution in [1.82, 2.24) is 9.97 Å². The van der Waals surface area contributed by atoms with Gasteiger partial charge < -0.3 is 19.4 Å². The summed E-state index contributed by atoms with van der Waals surface area (Å²) in [6, 6.07) is 1.41. The Morgan fingerprint density at radius 3 is 3.11 bits per heavy atom. The van der Waals surface area contributed by atoms with Crippen LogP contribution in [0.5, 0.6) is 0 Å². The van der Waals surface area contributed by atoms with Crippen molar-refractivity contribution >= 4 is 11.8 Å². The summed E-state index contributed by atoms with van der Waals surface area (Å²) in [5.74, 6) is 0.674. The number of ether oxygens (including phenoxy) is 2. The Kier molecular flexibility index (Phi) is 3.61. The van der Waals surface area contributed by atoms with Crippen molar-refractivity contribution in [1.29, 1.82) is 0 Å². The fourth-order valence-corrected chi connectivity index (χ4v) is 1.86. The lowest BCUT2D eigenvalue weighted by molar-refractivity contribution is -0.154. The SMILES string of the molecule is COC(=O)C1CN(c2cc(=O)[nH]c(C)n2)CCO1. The second-order valence-corrected chi connectivity index (χ2v) is 4.02. The molecule has 1 aromatic rings. The van der Waals surface area contributed by atoms with E-state index in [4.69, 9.17) is 4.74 Å². The molecule has 1 fully saturated rings. The zero-order chi connectivity index (χ0) is 13.1. The van der Waals surface area contributed by atoms with E-state index in [0.29, 0.717) is 31.3 Å². The van der Waals surface area contributed by atoms with Gasteiger partial charge in [-0.1, -0.05) is 0 Å². The highest BCUT2D eigenvalue weighted by molar-refractivity contribution is 5.75. The zero-order valence-corrected chi connectivity index (χ0v) is 10.3. The zero-order valence-electron chi connectivity index (χ0n) is 10.3. The van der Waals surface area contributed by atoms with Crippen LogP contribution < -0.4 is 10.5 Å². The molecule has 0 aromatic carbocycles. The monoisotopic (exact) mass is 253 g/mol. The van der Waals surface area contributed by atoms with Gasteiger partial charge >= 0.3 is 5.97 Å². The van der Waals surface area contributed by atoms with Gasteiger partial charge in [-0.25, -0.2) is 9.78 Å². The number of esters is 1. The first-order chi connectivity index (χ1) is 8.60. The molecule has 7 nitrogen and oxygen atoms in total. The van der Waals surface area contributed by atoms with Crippen LogP contribution in [0.4, 0.5) is 5.82 Å². The fourth-order valence-electron chi connectivity index (χ4n) is 1.86. The molecule has 98 valence electrons. The molecule has 2 heterocycles. The number of hydrogen-bond acceptors (Lipinski definition) is 6. The third kappa shape index (κ3) is 2.67. The number of morpholine rings is 1. The van der Waals surface area contributed by atoms with Crippen LogP contribution >= 0.6 is 0 Å². The van der Waals surface area contributed by atoms with E-state index < -0.39 is 12.1 Å². The number of H-pyrrole nitrogens is 1. The van der Waals surface area contributed by atoms with Crippen LogP contribution in [-0.4, -0.2) is 48.8 Å². The number of nitrogens with one attached hydrogen (secondary N) is 1. The van der Waals surface area contributed by atoms with Gasteiger partial charge in [-0.15, -0.1) is 0 Å². The van der Waals surface area contributed by atoms with Gasteiger partial charge in [0.2, 0.25) is 0 Å². The predicted molar refractivity (Wildman–Crippen MR) is 63.6 cm³/mol.